The van der Waals surface area contributed by atoms with Gasteiger partial charge in [-0.25, -0.2) is 9.99 Å². The molecule has 9 heteroatoms. The van der Waals surface area contributed by atoms with Crippen LogP contribution in [0.5, 0.6) is 11.6 Å². The second kappa shape index (κ2) is 7.84. The first-order valence-electron chi connectivity index (χ1n) is 8.82. The minimum Gasteiger partial charge on any atom is -0.439 e. The standard InChI is InChI=1S/C21H14N4O5/c26-20-18(21(27)24(23-20)15-4-2-1-3-5-15)12-14-6-9-17(10-7-14)30-19-11-8-16(13-22-19)25(28)29/h1-13H,(H,23,26)/b18-12+. The maximum atomic E-state index is 12.6. The van der Waals surface area contributed by atoms with Crippen LogP contribution < -0.4 is 15.2 Å². The highest BCUT2D eigenvalue weighted by Gasteiger charge is 2.34. The summed E-state index contributed by atoms with van der Waals surface area (Å²) in [5.74, 6) is -0.275. The second-order valence-electron chi connectivity index (χ2n) is 6.26. The highest BCUT2D eigenvalue weighted by atomic mass is 16.6. The number of para-hydroxylation sites is 1. The number of carbonyl (C=O) groups is 2. The van der Waals surface area contributed by atoms with Crippen LogP contribution in [-0.2, 0) is 9.59 Å². The summed E-state index contributed by atoms with van der Waals surface area (Å²) in [6.45, 7) is 0. The second-order valence-corrected chi connectivity index (χ2v) is 6.26. The molecule has 0 aliphatic carbocycles. The van der Waals surface area contributed by atoms with Crippen molar-refractivity contribution in [1.29, 1.82) is 0 Å². The van der Waals surface area contributed by atoms with Gasteiger partial charge >= 0.3 is 0 Å². The smallest absolute Gasteiger partial charge is 0.287 e. The molecule has 4 rings (SSSR count). The van der Waals surface area contributed by atoms with Gasteiger partial charge in [-0.05, 0) is 35.9 Å². The number of amides is 2. The highest BCUT2D eigenvalue weighted by molar-refractivity contribution is 6.31. The number of ether oxygens (including phenoxy) is 1. The predicted octanol–water partition coefficient (Wildman–Crippen LogP) is 3.24. The van der Waals surface area contributed by atoms with Crippen LogP contribution in [0.3, 0.4) is 0 Å². The Kier molecular flexibility index (Phi) is 4.92. The van der Waals surface area contributed by atoms with E-state index in [9.17, 15) is 19.7 Å². The van der Waals surface area contributed by atoms with E-state index in [1.807, 2.05) is 6.07 Å². The largest absolute Gasteiger partial charge is 0.439 e. The minimum atomic E-state index is -0.543. The molecule has 1 aliphatic heterocycles. The number of nitrogens with zero attached hydrogens (tertiary/aromatic N) is 3. The van der Waals surface area contributed by atoms with Crippen LogP contribution >= 0.6 is 0 Å². The van der Waals surface area contributed by atoms with E-state index < -0.39 is 16.7 Å². The zero-order chi connectivity index (χ0) is 21.1. The van der Waals surface area contributed by atoms with Crippen LogP contribution in [0, 0.1) is 10.1 Å². The first-order valence-corrected chi connectivity index (χ1v) is 8.82. The van der Waals surface area contributed by atoms with E-state index in [0.717, 1.165) is 6.20 Å². The molecule has 1 saturated heterocycles. The summed E-state index contributed by atoms with van der Waals surface area (Å²) in [6.07, 6.45) is 2.60. The van der Waals surface area contributed by atoms with Crippen molar-refractivity contribution in [3.8, 4) is 11.6 Å². The van der Waals surface area contributed by atoms with Gasteiger partial charge in [0.25, 0.3) is 17.5 Å². The van der Waals surface area contributed by atoms with Crippen molar-refractivity contribution in [3.05, 3.63) is 94.2 Å². The lowest BCUT2D eigenvalue weighted by atomic mass is 10.1. The lowest BCUT2D eigenvalue weighted by Gasteiger charge is -2.13. The van der Waals surface area contributed by atoms with Gasteiger partial charge in [0, 0.05) is 12.1 Å². The Morgan fingerprint density at radius 1 is 1.00 bits per heavy atom. The molecule has 1 fully saturated rings. The lowest BCUT2D eigenvalue weighted by Crippen LogP contribution is -2.35. The van der Waals surface area contributed by atoms with Gasteiger partial charge in [-0.1, -0.05) is 30.3 Å². The molecule has 30 heavy (non-hydrogen) atoms. The summed E-state index contributed by atoms with van der Waals surface area (Å²) in [6, 6.07) is 18.1. The summed E-state index contributed by atoms with van der Waals surface area (Å²) < 4.78 is 5.55. The van der Waals surface area contributed by atoms with Crippen molar-refractivity contribution < 1.29 is 19.2 Å². The summed E-state index contributed by atoms with van der Waals surface area (Å²) >= 11 is 0. The van der Waals surface area contributed by atoms with Crippen molar-refractivity contribution in [2.75, 3.05) is 5.01 Å². The first-order chi connectivity index (χ1) is 14.5. The maximum Gasteiger partial charge on any atom is 0.287 e. The third-order valence-electron chi connectivity index (χ3n) is 4.25. The summed E-state index contributed by atoms with van der Waals surface area (Å²) in [7, 11) is 0. The molecular formula is C21H14N4O5. The van der Waals surface area contributed by atoms with Gasteiger partial charge in [0.2, 0.25) is 5.88 Å². The van der Waals surface area contributed by atoms with E-state index in [1.54, 1.807) is 48.5 Å². The molecule has 2 amide bonds. The van der Waals surface area contributed by atoms with Gasteiger partial charge in [0.15, 0.2) is 0 Å². The molecular weight excluding hydrogens is 388 g/mol. The molecule has 0 bridgehead atoms. The van der Waals surface area contributed by atoms with Crippen LogP contribution in [-0.4, -0.2) is 21.7 Å². The number of benzene rings is 2. The van der Waals surface area contributed by atoms with Crippen molar-refractivity contribution in [1.82, 2.24) is 10.4 Å². The zero-order valence-corrected chi connectivity index (χ0v) is 15.4. The molecule has 148 valence electrons. The molecule has 0 unspecified atom stereocenters. The van der Waals surface area contributed by atoms with Crippen LogP contribution in [0.4, 0.5) is 11.4 Å². The Morgan fingerprint density at radius 3 is 2.37 bits per heavy atom. The molecule has 2 heterocycles. The minimum absolute atomic E-state index is 0.0181. The summed E-state index contributed by atoms with van der Waals surface area (Å²) in [5, 5.41) is 11.9. The van der Waals surface area contributed by atoms with Crippen LogP contribution in [0.15, 0.2) is 78.5 Å². The quantitative estimate of drug-likeness (QED) is 0.303. The number of pyridine rings is 1. The molecule has 1 aliphatic rings. The van der Waals surface area contributed by atoms with E-state index in [2.05, 4.69) is 10.4 Å². The fourth-order valence-corrected chi connectivity index (χ4v) is 2.78. The number of rotatable bonds is 5. The van der Waals surface area contributed by atoms with Crippen LogP contribution in [0.2, 0.25) is 0 Å². The molecule has 0 atom stereocenters. The van der Waals surface area contributed by atoms with E-state index in [1.165, 1.54) is 23.2 Å². The normalized spacial score (nSPS) is 14.7. The Labute approximate surface area is 170 Å². The van der Waals surface area contributed by atoms with Gasteiger partial charge < -0.3 is 4.74 Å². The fraction of sp³-hybridized carbons (Fsp3) is 0. The number of nitrogens with one attached hydrogen (secondary N) is 1. The summed E-state index contributed by atoms with van der Waals surface area (Å²) in [5.41, 5.74) is 3.63. The van der Waals surface area contributed by atoms with Gasteiger partial charge in [-0.2, -0.15) is 0 Å². The van der Waals surface area contributed by atoms with Crippen molar-refractivity contribution in [3.63, 3.8) is 0 Å². The van der Waals surface area contributed by atoms with Crippen LogP contribution in [0.1, 0.15) is 5.56 Å². The van der Waals surface area contributed by atoms with Gasteiger partial charge in [-0.15, -0.1) is 0 Å². The van der Waals surface area contributed by atoms with E-state index in [4.69, 9.17) is 4.74 Å². The number of hydrogen-bond donors (Lipinski definition) is 1. The number of carbonyl (C=O) groups excluding carboxylic acids is 2. The average molecular weight is 402 g/mol. The Morgan fingerprint density at radius 2 is 1.73 bits per heavy atom. The monoisotopic (exact) mass is 402 g/mol. The third-order valence-corrected chi connectivity index (χ3v) is 4.25. The van der Waals surface area contributed by atoms with E-state index >= 15 is 0 Å². The molecule has 0 spiro atoms. The number of aromatic nitrogens is 1. The lowest BCUT2D eigenvalue weighted by molar-refractivity contribution is -0.385. The Bertz CT molecular complexity index is 1140. The number of hydrogen-bond acceptors (Lipinski definition) is 6. The summed E-state index contributed by atoms with van der Waals surface area (Å²) in [4.78, 5) is 38.8. The fourth-order valence-electron chi connectivity index (χ4n) is 2.78. The zero-order valence-electron chi connectivity index (χ0n) is 15.4. The predicted molar refractivity (Wildman–Crippen MR) is 107 cm³/mol. The van der Waals surface area contributed by atoms with Gasteiger partial charge in [0.1, 0.15) is 17.5 Å². The molecule has 0 radical (unpaired) electrons. The average Bonchev–Trinajstić information content (AvgIpc) is 3.04. The number of anilines is 1. The van der Waals surface area contributed by atoms with Gasteiger partial charge in [0.05, 0.1) is 10.6 Å². The molecule has 1 N–H and O–H groups in total. The third kappa shape index (κ3) is 3.85. The van der Waals surface area contributed by atoms with Crippen LogP contribution in [0.25, 0.3) is 6.08 Å². The topological polar surface area (TPSA) is 115 Å². The molecule has 0 saturated carbocycles. The highest BCUT2D eigenvalue weighted by Crippen LogP contribution is 2.24. The Balaban J connectivity index is 1.48. The molecule has 2 aromatic carbocycles. The number of nitro groups is 1. The Hall–Kier alpha value is -4.53. The van der Waals surface area contributed by atoms with Crippen molar-refractivity contribution in [2.24, 2.45) is 0 Å². The number of hydrazine groups is 1. The molecule has 3 aromatic rings. The SMILES string of the molecule is O=C1NN(c2ccccc2)C(=O)/C1=C/c1ccc(Oc2ccc([N+](=O)[O-])cn2)cc1. The molecule has 1 aromatic heterocycles. The van der Waals surface area contributed by atoms with E-state index in [0.29, 0.717) is 17.0 Å². The van der Waals surface area contributed by atoms with Crippen molar-refractivity contribution in [2.45, 2.75) is 0 Å². The van der Waals surface area contributed by atoms with E-state index in [-0.39, 0.29) is 17.1 Å². The first kappa shape index (κ1) is 18.8. The maximum absolute atomic E-state index is 12.6. The molecule has 9 nitrogen and oxygen atoms in total. The van der Waals surface area contributed by atoms with Gasteiger partial charge in [-0.3, -0.25) is 25.1 Å². The van der Waals surface area contributed by atoms with Crippen molar-refractivity contribution >= 4 is 29.3 Å².